The largest absolute Gasteiger partial charge is 0.384 e. The van der Waals surface area contributed by atoms with Crippen molar-refractivity contribution in [2.75, 3.05) is 35.4 Å². The van der Waals surface area contributed by atoms with E-state index in [1.54, 1.807) is 12.4 Å². The van der Waals surface area contributed by atoms with Crippen LogP contribution in [0, 0.1) is 57.2 Å². The van der Waals surface area contributed by atoms with E-state index in [0.717, 1.165) is 47.0 Å². The van der Waals surface area contributed by atoms with Gasteiger partial charge in [-0.3, -0.25) is 0 Å². The predicted octanol–water partition coefficient (Wildman–Crippen LogP) is 6.74. The van der Waals surface area contributed by atoms with E-state index in [-0.39, 0.29) is 29.1 Å². The van der Waals surface area contributed by atoms with Crippen LogP contribution in [-0.4, -0.2) is 50.6 Å². The zero-order valence-corrected chi connectivity index (χ0v) is 30.3. The summed E-state index contributed by atoms with van der Waals surface area (Å²) in [6.07, 6.45) is 3.24. The van der Waals surface area contributed by atoms with Gasteiger partial charge in [0, 0.05) is 49.7 Å². The normalized spacial score (nSPS) is 10.5. The number of aromatic nitrogens is 4. The summed E-state index contributed by atoms with van der Waals surface area (Å²) in [4.78, 5) is 20.9. The topological polar surface area (TPSA) is 126 Å². The Morgan fingerprint density at radius 3 is 1.38 bits per heavy atom. The molecule has 0 aliphatic carbocycles. The van der Waals surface area contributed by atoms with Crippen molar-refractivity contribution in [3.8, 4) is 35.8 Å². The lowest BCUT2D eigenvalue weighted by Gasteiger charge is -2.31. The minimum atomic E-state index is -0.143. The molecular weight excluding hydrogens is 644 g/mol. The van der Waals surface area contributed by atoms with Crippen molar-refractivity contribution in [1.29, 1.82) is 10.5 Å². The first-order chi connectivity index (χ1) is 23.8. The standard InChI is InChI=1S/C20H21ClN4.C20H22N4O/c1-20(2,3)15-25(19-10-12-23-18(13-22)24-19)14-17-8-6-16(7-9-17)5-4-11-21;1-20(2,3)15-24(19-10-11-22-18(13-21)23-19)14-17-8-6-16(7-9-17)5-4-12-25/h6-10,12H,11,14-15H2,1-3H3;6-11,25H,12,14-15H2,1-3H3. The Labute approximate surface area is 301 Å². The quantitative estimate of drug-likeness (QED) is 0.158. The molecule has 4 aromatic rings. The van der Waals surface area contributed by atoms with Gasteiger partial charge in [-0.1, -0.05) is 89.5 Å². The third-order valence-corrected chi connectivity index (χ3v) is 6.86. The van der Waals surface area contributed by atoms with Crippen LogP contribution in [0.25, 0.3) is 0 Å². The highest BCUT2D eigenvalue weighted by Gasteiger charge is 2.20. The van der Waals surface area contributed by atoms with Crippen molar-refractivity contribution in [3.05, 3.63) is 107 Å². The highest BCUT2D eigenvalue weighted by Crippen LogP contribution is 2.24. The molecule has 0 atom stereocenters. The van der Waals surface area contributed by atoms with Gasteiger partial charge in [0.25, 0.3) is 0 Å². The van der Waals surface area contributed by atoms with Gasteiger partial charge in [-0.15, -0.1) is 11.6 Å². The third kappa shape index (κ3) is 14.0. The number of nitrogens with zero attached hydrogens (tertiary/aromatic N) is 8. The van der Waals surface area contributed by atoms with Gasteiger partial charge in [-0.05, 0) is 58.4 Å². The van der Waals surface area contributed by atoms with Crippen molar-refractivity contribution in [1.82, 2.24) is 19.9 Å². The van der Waals surface area contributed by atoms with Crippen molar-refractivity contribution in [2.45, 2.75) is 54.6 Å². The molecule has 0 radical (unpaired) electrons. The van der Waals surface area contributed by atoms with Crippen LogP contribution in [0.15, 0.2) is 73.1 Å². The minimum absolute atomic E-state index is 0.0737. The van der Waals surface area contributed by atoms with E-state index >= 15 is 0 Å². The van der Waals surface area contributed by atoms with E-state index in [0.29, 0.717) is 19.0 Å². The van der Waals surface area contributed by atoms with Crippen LogP contribution in [0.2, 0.25) is 0 Å². The number of hydrogen-bond donors (Lipinski definition) is 1. The molecule has 2 aromatic heterocycles. The number of rotatable bonds is 8. The molecule has 2 aromatic carbocycles. The highest BCUT2D eigenvalue weighted by atomic mass is 35.5. The Morgan fingerprint density at radius 1 is 0.640 bits per heavy atom. The first kappa shape index (κ1) is 39.0. The van der Waals surface area contributed by atoms with Gasteiger partial charge in [0.05, 0.1) is 5.88 Å². The molecule has 0 spiro atoms. The Hall–Kier alpha value is -5.45. The smallest absolute Gasteiger partial charge is 0.234 e. The number of alkyl halides is 1. The molecule has 50 heavy (non-hydrogen) atoms. The molecular formula is C40H43ClN8O. The number of benzene rings is 2. The van der Waals surface area contributed by atoms with E-state index in [9.17, 15) is 0 Å². The Bertz CT molecular complexity index is 1750. The summed E-state index contributed by atoms with van der Waals surface area (Å²) in [6, 6.07) is 23.7. The predicted molar refractivity (Wildman–Crippen MR) is 199 cm³/mol. The van der Waals surface area contributed by atoms with Gasteiger partial charge in [0.15, 0.2) is 0 Å². The molecule has 0 amide bonds. The molecule has 0 unspecified atom stereocenters. The third-order valence-electron chi connectivity index (χ3n) is 6.73. The first-order valence-corrected chi connectivity index (χ1v) is 16.6. The molecule has 0 aliphatic heterocycles. The molecule has 0 saturated heterocycles. The molecule has 0 saturated carbocycles. The second-order valence-corrected chi connectivity index (χ2v) is 14.1. The molecule has 4 rings (SSSR count). The summed E-state index contributed by atoms with van der Waals surface area (Å²) < 4.78 is 0. The molecule has 2 heterocycles. The molecule has 9 nitrogen and oxygen atoms in total. The number of halogens is 1. The van der Waals surface area contributed by atoms with E-state index in [1.165, 1.54) is 0 Å². The van der Waals surface area contributed by atoms with Crippen LogP contribution in [0.4, 0.5) is 11.6 Å². The van der Waals surface area contributed by atoms with Gasteiger partial charge in [0.2, 0.25) is 11.6 Å². The summed E-state index contributed by atoms with van der Waals surface area (Å²) in [6.45, 7) is 15.9. The fourth-order valence-corrected chi connectivity index (χ4v) is 4.91. The number of nitriles is 2. The zero-order chi connectivity index (χ0) is 36.6. The van der Waals surface area contributed by atoms with Gasteiger partial charge >= 0.3 is 0 Å². The lowest BCUT2D eigenvalue weighted by molar-refractivity contribution is 0.350. The second-order valence-electron chi connectivity index (χ2n) is 13.8. The van der Waals surface area contributed by atoms with Gasteiger partial charge in [-0.25, -0.2) is 19.9 Å². The van der Waals surface area contributed by atoms with Gasteiger partial charge in [0.1, 0.15) is 30.4 Å². The fourth-order valence-electron chi connectivity index (χ4n) is 4.84. The number of hydrogen-bond acceptors (Lipinski definition) is 9. The highest BCUT2D eigenvalue weighted by molar-refractivity contribution is 6.19. The summed E-state index contributed by atoms with van der Waals surface area (Å²) in [7, 11) is 0. The summed E-state index contributed by atoms with van der Waals surface area (Å²) in [5.74, 6) is 13.6. The SMILES string of the molecule is CC(C)(C)CN(Cc1ccc(C#CCCl)cc1)c1ccnc(C#N)n1.CC(C)(C)CN(Cc1ccc(C#CCO)cc1)c1ccnc(C#N)n1. The number of aliphatic hydroxyl groups excluding tert-OH is 1. The molecule has 0 bridgehead atoms. The lowest BCUT2D eigenvalue weighted by Crippen LogP contribution is -2.33. The second kappa shape index (κ2) is 18.9. The maximum absolute atomic E-state index is 9.05. The van der Waals surface area contributed by atoms with Crippen LogP contribution >= 0.6 is 11.6 Å². The van der Waals surface area contributed by atoms with Crippen molar-refractivity contribution in [2.24, 2.45) is 10.8 Å². The first-order valence-electron chi connectivity index (χ1n) is 16.1. The molecule has 10 heteroatoms. The fraction of sp³-hybridized carbons (Fsp3) is 0.350. The maximum atomic E-state index is 9.05. The molecule has 256 valence electrons. The molecule has 0 aliphatic rings. The molecule has 0 fully saturated rings. The Kier molecular flexibility index (Phi) is 14.8. The van der Waals surface area contributed by atoms with Gasteiger partial charge < -0.3 is 14.9 Å². The lowest BCUT2D eigenvalue weighted by atomic mass is 9.95. The van der Waals surface area contributed by atoms with Gasteiger partial charge in [-0.2, -0.15) is 10.5 Å². The van der Waals surface area contributed by atoms with Crippen LogP contribution < -0.4 is 9.80 Å². The monoisotopic (exact) mass is 686 g/mol. The average molecular weight is 687 g/mol. The van der Waals surface area contributed by atoms with E-state index in [4.69, 9.17) is 27.2 Å². The van der Waals surface area contributed by atoms with Crippen molar-refractivity contribution in [3.63, 3.8) is 0 Å². The van der Waals surface area contributed by atoms with Crippen LogP contribution in [0.5, 0.6) is 0 Å². The zero-order valence-electron chi connectivity index (χ0n) is 29.6. The number of anilines is 2. The average Bonchev–Trinajstić information content (AvgIpc) is 3.09. The summed E-state index contributed by atoms with van der Waals surface area (Å²) in [5, 5.41) is 26.9. The summed E-state index contributed by atoms with van der Waals surface area (Å²) in [5.41, 5.74) is 4.25. The van der Waals surface area contributed by atoms with Crippen LogP contribution in [0.3, 0.4) is 0 Å². The maximum Gasteiger partial charge on any atom is 0.234 e. The Morgan fingerprint density at radius 2 is 1.04 bits per heavy atom. The minimum Gasteiger partial charge on any atom is -0.384 e. The van der Waals surface area contributed by atoms with E-state index in [2.05, 4.69) is 107 Å². The van der Waals surface area contributed by atoms with Crippen molar-refractivity contribution >= 4 is 23.2 Å². The molecule has 1 N–H and O–H groups in total. The van der Waals surface area contributed by atoms with Crippen molar-refractivity contribution < 1.29 is 5.11 Å². The van der Waals surface area contributed by atoms with Crippen LogP contribution in [0.1, 0.15) is 75.4 Å². The Balaban J connectivity index is 0.000000270. The van der Waals surface area contributed by atoms with Crippen LogP contribution in [-0.2, 0) is 13.1 Å². The van der Waals surface area contributed by atoms with E-state index in [1.807, 2.05) is 60.7 Å². The summed E-state index contributed by atoms with van der Waals surface area (Å²) >= 11 is 5.59. The van der Waals surface area contributed by atoms with E-state index < -0.39 is 0 Å². The number of aliphatic hydroxyl groups is 1.